The van der Waals surface area contributed by atoms with Gasteiger partial charge in [0.25, 0.3) is 5.91 Å². The number of aromatic nitrogens is 1. The molecule has 4 aromatic rings. The van der Waals surface area contributed by atoms with Gasteiger partial charge in [0.15, 0.2) is 0 Å². The summed E-state index contributed by atoms with van der Waals surface area (Å²) in [5, 5.41) is 3.48. The molecule has 5 nitrogen and oxygen atoms in total. The van der Waals surface area contributed by atoms with Gasteiger partial charge in [-0.3, -0.25) is 4.79 Å². The Morgan fingerprint density at radius 1 is 1.17 bits per heavy atom. The van der Waals surface area contributed by atoms with Crippen LogP contribution in [0.25, 0.3) is 11.0 Å². The Morgan fingerprint density at radius 2 is 2.00 bits per heavy atom. The van der Waals surface area contributed by atoms with E-state index in [0.717, 1.165) is 35.2 Å². The summed E-state index contributed by atoms with van der Waals surface area (Å²) >= 11 is 1.51. The predicted molar refractivity (Wildman–Crippen MR) is 117 cm³/mol. The van der Waals surface area contributed by atoms with Crippen LogP contribution in [-0.4, -0.2) is 15.8 Å². The third kappa shape index (κ3) is 3.44. The second-order valence-electron chi connectivity index (χ2n) is 7.45. The summed E-state index contributed by atoms with van der Waals surface area (Å²) in [6.45, 7) is 0.363. The van der Waals surface area contributed by atoms with Gasteiger partial charge in [-0.15, -0.1) is 11.3 Å². The van der Waals surface area contributed by atoms with Crippen LogP contribution in [-0.2, 0) is 13.0 Å². The highest BCUT2D eigenvalue weighted by Crippen LogP contribution is 2.36. The molecule has 1 aliphatic rings. The summed E-state index contributed by atoms with van der Waals surface area (Å²) in [4.78, 5) is 32.5. The van der Waals surface area contributed by atoms with Gasteiger partial charge in [-0.1, -0.05) is 42.5 Å². The Kier molecular flexibility index (Phi) is 4.93. The average Bonchev–Trinajstić information content (AvgIpc) is 3.29. The maximum absolute atomic E-state index is 13.7. The molecule has 5 rings (SSSR count). The number of benzene rings is 2. The van der Waals surface area contributed by atoms with Crippen molar-refractivity contribution in [3.8, 4) is 0 Å². The minimum atomic E-state index is -0.605. The summed E-state index contributed by atoms with van der Waals surface area (Å²) in [6.07, 6.45) is 4.59. The van der Waals surface area contributed by atoms with Crippen molar-refractivity contribution in [1.29, 1.82) is 0 Å². The van der Waals surface area contributed by atoms with Crippen LogP contribution < -0.4 is 5.63 Å². The average molecular weight is 417 g/mol. The van der Waals surface area contributed by atoms with Crippen LogP contribution in [0.4, 0.5) is 0 Å². The summed E-state index contributed by atoms with van der Waals surface area (Å²) in [6, 6.07) is 17.0. The van der Waals surface area contributed by atoms with Gasteiger partial charge in [-0.25, -0.2) is 9.78 Å². The molecule has 0 radical (unpaired) electrons. The second kappa shape index (κ2) is 7.88. The maximum Gasteiger partial charge on any atom is 0.349 e. The van der Waals surface area contributed by atoms with Crippen molar-refractivity contribution in [3.05, 3.63) is 98.3 Å². The van der Waals surface area contributed by atoms with Crippen LogP contribution in [0.15, 0.2) is 75.4 Å². The molecular formula is C24H20N2O3S. The quantitative estimate of drug-likeness (QED) is 0.441. The number of hydrogen-bond donors (Lipinski definition) is 0. The number of hydrogen-bond acceptors (Lipinski definition) is 5. The fourth-order valence-corrected chi connectivity index (χ4v) is 4.83. The van der Waals surface area contributed by atoms with E-state index in [4.69, 9.17) is 4.42 Å². The molecule has 1 atom stereocenters. The van der Waals surface area contributed by atoms with Crippen molar-refractivity contribution in [2.75, 3.05) is 0 Å². The van der Waals surface area contributed by atoms with Crippen LogP contribution >= 0.6 is 11.3 Å². The maximum atomic E-state index is 13.7. The highest BCUT2D eigenvalue weighted by Gasteiger charge is 2.32. The first-order chi connectivity index (χ1) is 14.7. The molecule has 0 spiro atoms. The van der Waals surface area contributed by atoms with E-state index in [2.05, 4.69) is 17.1 Å². The number of carbonyl (C=O) groups excluding carboxylic acids is 1. The van der Waals surface area contributed by atoms with E-state index in [1.165, 1.54) is 16.9 Å². The van der Waals surface area contributed by atoms with E-state index in [0.29, 0.717) is 12.1 Å². The van der Waals surface area contributed by atoms with E-state index in [-0.39, 0.29) is 17.5 Å². The van der Waals surface area contributed by atoms with Gasteiger partial charge in [0, 0.05) is 17.0 Å². The molecule has 0 bridgehead atoms. The lowest BCUT2D eigenvalue weighted by molar-refractivity contribution is 0.0633. The lowest BCUT2D eigenvalue weighted by Crippen LogP contribution is -2.38. The fourth-order valence-electron chi connectivity index (χ4n) is 4.22. The van der Waals surface area contributed by atoms with Gasteiger partial charge in [0.1, 0.15) is 16.2 Å². The van der Waals surface area contributed by atoms with E-state index >= 15 is 0 Å². The van der Waals surface area contributed by atoms with Crippen LogP contribution in [0, 0.1) is 0 Å². The third-order valence-electron chi connectivity index (χ3n) is 5.64. The zero-order valence-electron chi connectivity index (χ0n) is 16.3. The van der Waals surface area contributed by atoms with Crippen LogP contribution in [0.1, 0.15) is 45.4 Å². The zero-order chi connectivity index (χ0) is 20.5. The topological polar surface area (TPSA) is 63.4 Å². The van der Waals surface area contributed by atoms with E-state index in [1.807, 2.05) is 29.6 Å². The number of carbonyl (C=O) groups is 1. The number of amides is 1. The molecular weight excluding hydrogens is 396 g/mol. The Hall–Kier alpha value is -3.25. The van der Waals surface area contributed by atoms with Crippen LogP contribution in [0.5, 0.6) is 0 Å². The number of rotatable bonds is 4. The Morgan fingerprint density at radius 3 is 2.87 bits per heavy atom. The normalized spacial score (nSPS) is 15.7. The first-order valence-electron chi connectivity index (χ1n) is 10.0. The number of para-hydroxylation sites is 1. The summed E-state index contributed by atoms with van der Waals surface area (Å²) in [5.74, 6) is -0.314. The Balaban J connectivity index is 1.60. The van der Waals surface area contributed by atoms with Gasteiger partial charge in [0.2, 0.25) is 0 Å². The molecule has 0 N–H and O–H groups in total. The molecule has 1 unspecified atom stereocenters. The second-order valence-corrected chi connectivity index (χ2v) is 8.43. The van der Waals surface area contributed by atoms with Crippen molar-refractivity contribution >= 4 is 28.2 Å². The van der Waals surface area contributed by atoms with Gasteiger partial charge >= 0.3 is 5.63 Å². The highest BCUT2D eigenvalue weighted by molar-refractivity contribution is 7.09. The molecule has 1 aliphatic carbocycles. The number of thiazole rings is 1. The molecule has 150 valence electrons. The Labute approximate surface area is 177 Å². The van der Waals surface area contributed by atoms with Crippen molar-refractivity contribution in [1.82, 2.24) is 9.88 Å². The van der Waals surface area contributed by atoms with Gasteiger partial charge in [-0.2, -0.15) is 0 Å². The van der Waals surface area contributed by atoms with Gasteiger partial charge in [-0.05, 0) is 42.5 Å². The molecule has 2 aromatic heterocycles. The van der Waals surface area contributed by atoms with Gasteiger partial charge < -0.3 is 9.32 Å². The lowest BCUT2D eigenvalue weighted by Gasteiger charge is -2.35. The molecule has 0 fully saturated rings. The minimum absolute atomic E-state index is 0.0633. The lowest BCUT2D eigenvalue weighted by atomic mass is 9.86. The van der Waals surface area contributed by atoms with E-state index in [1.54, 1.807) is 29.3 Å². The summed E-state index contributed by atoms with van der Waals surface area (Å²) in [5.41, 5.74) is 2.35. The number of nitrogens with zero attached hydrogens (tertiary/aromatic N) is 2. The molecule has 1 amide bonds. The third-order valence-corrected chi connectivity index (χ3v) is 6.40. The highest BCUT2D eigenvalue weighted by atomic mass is 32.1. The number of aryl methyl sites for hydroxylation is 1. The molecule has 6 heteroatoms. The largest absolute Gasteiger partial charge is 0.422 e. The molecule has 2 heterocycles. The summed E-state index contributed by atoms with van der Waals surface area (Å²) < 4.78 is 5.44. The van der Waals surface area contributed by atoms with Crippen LogP contribution in [0.3, 0.4) is 0 Å². The minimum Gasteiger partial charge on any atom is -0.422 e. The molecule has 2 aromatic carbocycles. The first-order valence-corrected chi connectivity index (χ1v) is 10.9. The van der Waals surface area contributed by atoms with E-state index in [9.17, 15) is 9.59 Å². The fraction of sp³-hybridized carbons (Fsp3) is 0.208. The van der Waals surface area contributed by atoms with Crippen molar-refractivity contribution < 1.29 is 9.21 Å². The Bertz CT molecular complexity index is 1260. The first kappa shape index (κ1) is 18.8. The monoisotopic (exact) mass is 416 g/mol. The van der Waals surface area contributed by atoms with Gasteiger partial charge in [0.05, 0.1) is 12.6 Å². The molecule has 0 saturated heterocycles. The smallest absolute Gasteiger partial charge is 0.349 e. The molecule has 0 saturated carbocycles. The standard InChI is InChI=1S/C24H20N2O3S/c27-23(19-14-17-7-2-4-11-21(17)29-24(19)28)26(15-22-25-12-13-30-22)20-10-5-8-16-6-1-3-9-18(16)20/h1-4,6-7,9,11-14,20H,5,8,10,15H2. The zero-order valence-corrected chi connectivity index (χ0v) is 17.1. The molecule has 30 heavy (non-hydrogen) atoms. The SMILES string of the molecule is O=C(c1cc2ccccc2oc1=O)N(Cc1nccs1)C1CCCc2ccccc21. The van der Waals surface area contributed by atoms with Crippen LogP contribution in [0.2, 0.25) is 0 Å². The predicted octanol–water partition coefficient (Wildman–Crippen LogP) is 4.97. The van der Waals surface area contributed by atoms with E-state index < -0.39 is 5.63 Å². The van der Waals surface area contributed by atoms with Crippen molar-refractivity contribution in [2.45, 2.75) is 31.8 Å². The summed E-state index contributed by atoms with van der Waals surface area (Å²) in [7, 11) is 0. The molecule has 0 aliphatic heterocycles. The number of fused-ring (bicyclic) bond motifs is 2. The van der Waals surface area contributed by atoms with Crippen molar-refractivity contribution in [3.63, 3.8) is 0 Å². The van der Waals surface area contributed by atoms with Crippen molar-refractivity contribution in [2.24, 2.45) is 0 Å².